The first-order chi connectivity index (χ1) is 12.5. The van der Waals surface area contributed by atoms with Crippen molar-refractivity contribution in [1.29, 1.82) is 0 Å². The number of alkyl halides is 3. The molecule has 1 aromatic heterocycles. The molecule has 0 bridgehead atoms. The Hall–Kier alpha value is -2.92. The van der Waals surface area contributed by atoms with Crippen LogP contribution in [0.3, 0.4) is 0 Å². The number of carboxylic acid groups (broad SMARTS) is 1. The highest BCUT2D eigenvalue weighted by Gasteiger charge is 2.38. The van der Waals surface area contributed by atoms with Gasteiger partial charge >= 0.3 is 12.1 Å². The summed E-state index contributed by atoms with van der Waals surface area (Å²) < 4.78 is 33.7. The van der Waals surface area contributed by atoms with E-state index in [0.717, 1.165) is 6.42 Å². The van der Waals surface area contributed by atoms with Gasteiger partial charge in [0.15, 0.2) is 0 Å². The van der Waals surface area contributed by atoms with E-state index in [9.17, 15) is 22.8 Å². The largest absolute Gasteiger partial charge is 0.490 e. The lowest BCUT2D eigenvalue weighted by Crippen LogP contribution is -2.43. The molecule has 1 aliphatic rings. The van der Waals surface area contributed by atoms with Crippen molar-refractivity contribution in [3.05, 3.63) is 18.7 Å². The highest BCUT2D eigenvalue weighted by molar-refractivity contribution is 6.39. The second kappa shape index (κ2) is 9.69. The summed E-state index contributed by atoms with van der Waals surface area (Å²) in [5, 5.41) is 15.3. The summed E-state index contributed by atoms with van der Waals surface area (Å²) in [7, 11) is 1.57. The summed E-state index contributed by atoms with van der Waals surface area (Å²) in [5.41, 5.74) is 0.413. The van der Waals surface area contributed by atoms with E-state index < -0.39 is 12.1 Å². The Morgan fingerprint density at radius 2 is 2.00 bits per heavy atom. The fourth-order valence-electron chi connectivity index (χ4n) is 2.03. The van der Waals surface area contributed by atoms with Crippen molar-refractivity contribution >= 4 is 23.5 Å². The summed E-state index contributed by atoms with van der Waals surface area (Å²) in [4.78, 5) is 36.3. The third-order valence-corrected chi connectivity index (χ3v) is 3.53. The lowest BCUT2D eigenvalue weighted by atomic mass is 10.1. The normalized spacial score (nSPS) is 15.4. The van der Waals surface area contributed by atoms with Gasteiger partial charge in [-0.2, -0.15) is 18.3 Å². The Balaban J connectivity index is 0.000000445. The number of rotatable bonds is 5. The average Bonchev–Trinajstić information content (AvgIpc) is 3.09. The molecule has 0 saturated carbocycles. The zero-order valence-corrected chi connectivity index (χ0v) is 14.7. The molecule has 0 saturated heterocycles. The highest BCUT2D eigenvalue weighted by Crippen LogP contribution is 2.13. The minimum atomic E-state index is -5.08. The minimum absolute atomic E-state index is 0.0161. The maximum absolute atomic E-state index is 12.1. The molecular weight excluding hydrogens is 371 g/mol. The number of amides is 2. The fraction of sp³-hybridized carbons (Fsp3) is 0.533. The van der Waals surface area contributed by atoms with E-state index in [4.69, 9.17) is 9.90 Å². The van der Waals surface area contributed by atoms with Crippen LogP contribution in [0.2, 0.25) is 0 Å². The number of aromatic nitrogens is 2. The van der Waals surface area contributed by atoms with Gasteiger partial charge in [-0.05, 0) is 6.42 Å². The topological polar surface area (TPSA) is 117 Å². The molecule has 0 radical (unpaired) electrons. The van der Waals surface area contributed by atoms with Crippen molar-refractivity contribution in [2.45, 2.75) is 44.9 Å². The number of nitrogens with zero attached hydrogens (tertiary/aromatic N) is 4. The van der Waals surface area contributed by atoms with Gasteiger partial charge < -0.3 is 15.0 Å². The second-order valence-electron chi connectivity index (χ2n) is 5.61. The molecule has 2 heterocycles. The van der Waals surface area contributed by atoms with Crippen LogP contribution in [0.15, 0.2) is 23.8 Å². The molecule has 1 aliphatic heterocycles. The maximum Gasteiger partial charge on any atom is 0.490 e. The van der Waals surface area contributed by atoms with E-state index in [1.54, 1.807) is 19.6 Å². The molecule has 2 N–H and O–H groups in total. The van der Waals surface area contributed by atoms with Crippen LogP contribution >= 0.6 is 0 Å². The van der Waals surface area contributed by atoms with Crippen LogP contribution in [0, 0.1) is 0 Å². The number of nitrogens with one attached hydrogen (secondary N) is 1. The summed E-state index contributed by atoms with van der Waals surface area (Å²) in [5.74, 6) is -3.02. The van der Waals surface area contributed by atoms with Gasteiger partial charge in [-0.25, -0.2) is 14.8 Å². The summed E-state index contributed by atoms with van der Waals surface area (Å²) in [6.45, 7) is 2.69. The number of carbonyl (C=O) groups is 3. The predicted octanol–water partition coefficient (Wildman–Crippen LogP) is 1.02. The number of aliphatic carboxylic acids is 1. The summed E-state index contributed by atoms with van der Waals surface area (Å²) in [6.07, 6.45) is 1.75. The van der Waals surface area contributed by atoms with Gasteiger partial charge in [0.05, 0.1) is 6.33 Å². The van der Waals surface area contributed by atoms with Crippen molar-refractivity contribution in [2.75, 3.05) is 7.05 Å². The molecule has 0 fully saturated rings. The molecule has 2 rings (SSSR count). The molecule has 150 valence electrons. The molecule has 0 spiro atoms. The van der Waals surface area contributed by atoms with Crippen LogP contribution in [0.5, 0.6) is 0 Å². The first-order valence-corrected chi connectivity index (χ1v) is 7.95. The first kappa shape index (κ1) is 22.1. The second-order valence-corrected chi connectivity index (χ2v) is 5.61. The van der Waals surface area contributed by atoms with Gasteiger partial charge in [-0.1, -0.05) is 6.92 Å². The quantitative estimate of drug-likeness (QED) is 0.777. The molecule has 27 heavy (non-hydrogen) atoms. The molecule has 0 aliphatic carbocycles. The highest BCUT2D eigenvalue weighted by atomic mass is 19.4. The molecule has 12 heteroatoms. The van der Waals surface area contributed by atoms with Gasteiger partial charge in [0.25, 0.3) is 5.91 Å². The zero-order valence-electron chi connectivity index (χ0n) is 14.7. The lowest BCUT2D eigenvalue weighted by Gasteiger charge is -2.22. The standard InChI is InChI=1S/C13H19N5O2.C2HF3O2/c1-3-10(8-18-7-6-14-9-18)15-13(20)11-4-5-12(19)17(2)16-11;3-2(4,5)1(6)7/h6-7,9-10H,3-5,8H2,1-2H3,(H,15,20);(H,6,7). The minimum Gasteiger partial charge on any atom is -0.475 e. The van der Waals surface area contributed by atoms with E-state index in [1.807, 2.05) is 17.7 Å². The zero-order chi connectivity index (χ0) is 20.6. The molecule has 9 nitrogen and oxygen atoms in total. The van der Waals surface area contributed by atoms with Crippen molar-refractivity contribution in [3.63, 3.8) is 0 Å². The SMILES string of the molecule is CCC(Cn1ccnc1)NC(=O)C1=NN(C)C(=O)CC1.O=C(O)C(F)(F)F. The molecule has 1 atom stereocenters. The average molecular weight is 391 g/mol. The van der Waals surface area contributed by atoms with E-state index in [0.29, 0.717) is 25.1 Å². The Morgan fingerprint density at radius 1 is 1.37 bits per heavy atom. The van der Waals surface area contributed by atoms with Crippen LogP contribution < -0.4 is 5.32 Å². The fourth-order valence-corrected chi connectivity index (χ4v) is 2.03. The summed E-state index contributed by atoms with van der Waals surface area (Å²) >= 11 is 0. The van der Waals surface area contributed by atoms with E-state index in [1.165, 1.54) is 5.01 Å². The number of hydrogen-bond acceptors (Lipinski definition) is 5. The van der Waals surface area contributed by atoms with Gasteiger partial charge in [0, 0.05) is 44.9 Å². The van der Waals surface area contributed by atoms with Gasteiger partial charge in [-0.15, -0.1) is 0 Å². The molecule has 0 aromatic carbocycles. The van der Waals surface area contributed by atoms with Gasteiger partial charge in [0.1, 0.15) is 5.71 Å². The Labute approximate surface area is 152 Å². The van der Waals surface area contributed by atoms with Crippen LogP contribution in [0.4, 0.5) is 13.2 Å². The number of imidazole rings is 1. The van der Waals surface area contributed by atoms with Gasteiger partial charge in [-0.3, -0.25) is 9.59 Å². The Morgan fingerprint density at radius 3 is 2.44 bits per heavy atom. The number of hydrogen-bond donors (Lipinski definition) is 2. The molecule has 1 aromatic rings. The maximum atomic E-state index is 12.1. The molecular formula is C15H20F3N5O4. The van der Waals surface area contributed by atoms with Crippen LogP contribution in [0.1, 0.15) is 26.2 Å². The monoisotopic (exact) mass is 391 g/mol. The lowest BCUT2D eigenvalue weighted by molar-refractivity contribution is -0.192. The van der Waals surface area contributed by atoms with Crippen LogP contribution in [-0.4, -0.2) is 62.4 Å². The van der Waals surface area contributed by atoms with E-state index in [-0.39, 0.29) is 17.9 Å². The van der Waals surface area contributed by atoms with Crippen molar-refractivity contribution in [1.82, 2.24) is 19.9 Å². The predicted molar refractivity (Wildman–Crippen MR) is 87.6 cm³/mol. The number of halogens is 3. The van der Waals surface area contributed by atoms with E-state index in [2.05, 4.69) is 15.4 Å². The van der Waals surface area contributed by atoms with Crippen LogP contribution in [-0.2, 0) is 20.9 Å². The summed E-state index contributed by atoms with van der Waals surface area (Å²) in [6, 6.07) is 0.0161. The van der Waals surface area contributed by atoms with E-state index >= 15 is 0 Å². The number of carbonyl (C=O) groups excluding carboxylic acids is 2. The Kier molecular flexibility index (Phi) is 7.94. The third kappa shape index (κ3) is 7.46. The van der Waals surface area contributed by atoms with Crippen molar-refractivity contribution < 1.29 is 32.7 Å². The van der Waals surface area contributed by atoms with Gasteiger partial charge in [0.2, 0.25) is 5.91 Å². The Bertz CT molecular complexity index is 688. The third-order valence-electron chi connectivity index (χ3n) is 3.53. The van der Waals surface area contributed by atoms with Crippen LogP contribution in [0.25, 0.3) is 0 Å². The smallest absolute Gasteiger partial charge is 0.475 e. The first-order valence-electron chi connectivity index (χ1n) is 7.95. The number of carboxylic acids is 1. The van der Waals surface area contributed by atoms with Crippen molar-refractivity contribution in [3.8, 4) is 0 Å². The molecule has 1 unspecified atom stereocenters. The van der Waals surface area contributed by atoms with Crippen molar-refractivity contribution in [2.24, 2.45) is 5.10 Å². The molecule has 2 amide bonds. The number of hydrazone groups is 1.